The van der Waals surface area contributed by atoms with Crippen molar-refractivity contribution in [2.75, 3.05) is 0 Å². The van der Waals surface area contributed by atoms with Crippen molar-refractivity contribution in [2.45, 2.75) is 0 Å². The highest BCUT2D eigenvalue weighted by molar-refractivity contribution is 6.16. The fourth-order valence-corrected chi connectivity index (χ4v) is 0.775. The smallest absolute Gasteiger partial charge is 0.277 e. The third kappa shape index (κ3) is 1.21. The van der Waals surface area contributed by atoms with Crippen molar-refractivity contribution in [1.82, 2.24) is 5.32 Å². The SMILES string of the molecule is O=C1NC(=O)C([N+](=O)[O-])=C1[N+](=O)[O-]. The van der Waals surface area contributed by atoms with Crippen molar-refractivity contribution in [2.24, 2.45) is 0 Å². The zero-order chi connectivity index (χ0) is 10.2. The zero-order valence-electron chi connectivity index (χ0n) is 5.84. The summed E-state index contributed by atoms with van der Waals surface area (Å²) in [5.74, 6) is -2.72. The van der Waals surface area contributed by atoms with Crippen LogP contribution >= 0.6 is 0 Å². The van der Waals surface area contributed by atoms with Crippen LogP contribution in [0, 0.1) is 20.2 Å². The van der Waals surface area contributed by atoms with Gasteiger partial charge in [0.05, 0.1) is 9.85 Å². The van der Waals surface area contributed by atoms with Crippen molar-refractivity contribution >= 4 is 11.8 Å². The highest BCUT2D eigenvalue weighted by atomic mass is 16.6. The largest absolute Gasteiger partial charge is 0.416 e. The summed E-state index contributed by atoms with van der Waals surface area (Å²) in [6.07, 6.45) is 0. The van der Waals surface area contributed by atoms with E-state index in [-0.39, 0.29) is 0 Å². The summed E-state index contributed by atoms with van der Waals surface area (Å²) in [6, 6.07) is 0. The molecule has 68 valence electrons. The Kier molecular flexibility index (Phi) is 1.77. The van der Waals surface area contributed by atoms with Gasteiger partial charge in [-0.3, -0.25) is 35.1 Å². The lowest BCUT2D eigenvalue weighted by molar-refractivity contribution is -0.460. The fourth-order valence-electron chi connectivity index (χ4n) is 0.775. The maximum Gasteiger partial charge on any atom is 0.416 e. The molecule has 1 heterocycles. The average Bonchev–Trinajstić information content (AvgIpc) is 2.24. The van der Waals surface area contributed by atoms with Gasteiger partial charge in [-0.1, -0.05) is 0 Å². The van der Waals surface area contributed by atoms with Crippen molar-refractivity contribution < 1.29 is 19.4 Å². The van der Waals surface area contributed by atoms with Gasteiger partial charge in [-0.25, -0.2) is 0 Å². The Morgan fingerprint density at radius 1 is 0.923 bits per heavy atom. The molecule has 0 aliphatic carbocycles. The number of rotatable bonds is 2. The van der Waals surface area contributed by atoms with Crippen LogP contribution < -0.4 is 5.32 Å². The second-order valence-electron chi connectivity index (χ2n) is 1.99. The second-order valence-corrected chi connectivity index (χ2v) is 1.99. The van der Waals surface area contributed by atoms with Gasteiger partial charge in [0.1, 0.15) is 0 Å². The third-order valence-electron chi connectivity index (χ3n) is 1.25. The molecule has 0 aromatic carbocycles. The minimum absolute atomic E-state index is 1.27. The first-order valence-electron chi connectivity index (χ1n) is 2.84. The van der Waals surface area contributed by atoms with Gasteiger partial charge in [-0.2, -0.15) is 0 Å². The molecule has 1 aliphatic rings. The number of imide groups is 1. The van der Waals surface area contributed by atoms with Crippen molar-refractivity contribution in [3.05, 3.63) is 31.6 Å². The number of hydrogen-bond donors (Lipinski definition) is 1. The molecule has 9 heteroatoms. The lowest BCUT2D eigenvalue weighted by Gasteiger charge is -1.85. The van der Waals surface area contributed by atoms with Gasteiger partial charge in [-0.15, -0.1) is 0 Å². The van der Waals surface area contributed by atoms with Crippen LogP contribution in [0.4, 0.5) is 0 Å². The van der Waals surface area contributed by atoms with Gasteiger partial charge in [0.25, 0.3) is 0 Å². The van der Waals surface area contributed by atoms with Crippen molar-refractivity contribution in [3.63, 3.8) is 0 Å². The molecule has 0 fully saturated rings. The van der Waals surface area contributed by atoms with E-state index in [4.69, 9.17) is 0 Å². The van der Waals surface area contributed by atoms with Crippen LogP contribution in [0.15, 0.2) is 11.4 Å². The summed E-state index contributed by atoms with van der Waals surface area (Å²) in [7, 11) is 0. The number of nitrogens with zero attached hydrogens (tertiary/aromatic N) is 2. The summed E-state index contributed by atoms with van der Waals surface area (Å²) in [5.41, 5.74) is -2.65. The first-order valence-corrected chi connectivity index (χ1v) is 2.84. The van der Waals surface area contributed by atoms with E-state index in [0.717, 1.165) is 0 Å². The van der Waals surface area contributed by atoms with Gasteiger partial charge < -0.3 is 0 Å². The van der Waals surface area contributed by atoms with E-state index in [1.54, 1.807) is 0 Å². The van der Waals surface area contributed by atoms with Gasteiger partial charge in [0, 0.05) is 0 Å². The van der Waals surface area contributed by atoms with E-state index >= 15 is 0 Å². The van der Waals surface area contributed by atoms with Crippen LogP contribution in [-0.4, -0.2) is 21.7 Å². The van der Waals surface area contributed by atoms with Crippen molar-refractivity contribution in [1.29, 1.82) is 0 Å². The molecule has 1 aliphatic heterocycles. The highest BCUT2D eigenvalue weighted by Gasteiger charge is 2.48. The van der Waals surface area contributed by atoms with Crippen LogP contribution in [0.5, 0.6) is 0 Å². The molecular formula is C4HN3O6. The molecular weight excluding hydrogens is 186 g/mol. The lowest BCUT2D eigenvalue weighted by atomic mass is 10.4. The van der Waals surface area contributed by atoms with Gasteiger partial charge in [-0.05, 0) is 0 Å². The number of amides is 2. The molecule has 0 unspecified atom stereocenters. The molecule has 0 atom stereocenters. The predicted octanol–water partition coefficient (Wildman–Crippen LogP) is -1.59. The molecule has 1 N–H and O–H groups in total. The molecule has 0 aromatic heterocycles. The summed E-state index contributed by atoms with van der Waals surface area (Å²) in [5, 5.41) is 21.6. The van der Waals surface area contributed by atoms with E-state index in [1.165, 1.54) is 5.32 Å². The maximum atomic E-state index is 10.6. The molecule has 0 radical (unpaired) electrons. The molecule has 2 amide bonds. The van der Waals surface area contributed by atoms with E-state index in [0.29, 0.717) is 0 Å². The molecule has 0 saturated carbocycles. The molecule has 13 heavy (non-hydrogen) atoms. The van der Waals surface area contributed by atoms with E-state index in [1.807, 2.05) is 0 Å². The van der Waals surface area contributed by atoms with Crippen LogP contribution in [0.3, 0.4) is 0 Å². The van der Waals surface area contributed by atoms with E-state index in [9.17, 15) is 29.8 Å². The molecule has 0 saturated heterocycles. The molecule has 0 aromatic rings. The standard InChI is InChI=1S/C4HN3O6/c8-3-1(6(10)11)2(7(12)13)4(9)5-3/h(H,5,8,9). The molecule has 9 nitrogen and oxygen atoms in total. The van der Waals surface area contributed by atoms with Crippen LogP contribution in [0.1, 0.15) is 0 Å². The molecule has 1 rings (SSSR count). The summed E-state index contributed by atoms with van der Waals surface area (Å²) < 4.78 is 0. The monoisotopic (exact) mass is 187 g/mol. The van der Waals surface area contributed by atoms with Gasteiger partial charge in [0.2, 0.25) is 0 Å². The Labute approximate surface area is 69.3 Å². The Morgan fingerprint density at radius 3 is 1.46 bits per heavy atom. The number of nitrogens with one attached hydrogen (secondary N) is 1. The zero-order valence-corrected chi connectivity index (χ0v) is 5.84. The van der Waals surface area contributed by atoms with E-state index < -0.39 is 33.1 Å². The second kappa shape index (κ2) is 2.62. The minimum atomic E-state index is -1.36. The van der Waals surface area contributed by atoms with Gasteiger partial charge in [0.15, 0.2) is 0 Å². The number of carbonyl (C=O) groups excluding carboxylic acids is 2. The summed E-state index contributed by atoms with van der Waals surface area (Å²) in [4.78, 5) is 38.9. The summed E-state index contributed by atoms with van der Waals surface area (Å²) >= 11 is 0. The highest BCUT2D eigenvalue weighted by Crippen LogP contribution is 2.12. The van der Waals surface area contributed by atoms with Crippen LogP contribution in [-0.2, 0) is 9.59 Å². The number of nitro groups is 2. The van der Waals surface area contributed by atoms with Gasteiger partial charge >= 0.3 is 23.2 Å². The predicted molar refractivity (Wildman–Crippen MR) is 34.2 cm³/mol. The van der Waals surface area contributed by atoms with Crippen LogP contribution in [0.25, 0.3) is 0 Å². The fraction of sp³-hybridized carbons (Fsp3) is 0. The first-order chi connectivity index (χ1) is 5.95. The number of hydrogen-bond acceptors (Lipinski definition) is 6. The lowest BCUT2D eigenvalue weighted by Crippen LogP contribution is -2.25. The number of carbonyl (C=O) groups is 2. The minimum Gasteiger partial charge on any atom is -0.277 e. The Balaban J connectivity index is 3.34. The Morgan fingerprint density at radius 2 is 1.23 bits per heavy atom. The third-order valence-corrected chi connectivity index (χ3v) is 1.25. The average molecular weight is 187 g/mol. The molecule has 0 bridgehead atoms. The van der Waals surface area contributed by atoms with Crippen molar-refractivity contribution in [3.8, 4) is 0 Å². The molecule has 0 spiro atoms. The van der Waals surface area contributed by atoms with Crippen LogP contribution in [0.2, 0.25) is 0 Å². The van der Waals surface area contributed by atoms with E-state index in [2.05, 4.69) is 0 Å². The Hall–Kier alpha value is -2.32. The maximum absolute atomic E-state index is 10.6. The summed E-state index contributed by atoms with van der Waals surface area (Å²) in [6.45, 7) is 0. The topological polar surface area (TPSA) is 132 Å². The quantitative estimate of drug-likeness (QED) is 0.314. The first kappa shape index (κ1) is 8.77. The normalized spacial score (nSPS) is 16.0. The Bertz CT molecular complexity index is 334.